The molecule has 0 aromatic heterocycles. The number of hydrogen-bond donors (Lipinski definition) is 0. The Bertz CT molecular complexity index is 155. The smallest absolute Gasteiger partial charge is 0.550 e. The summed E-state index contributed by atoms with van der Waals surface area (Å²) in [5.74, 6) is -2.04. The van der Waals surface area contributed by atoms with E-state index in [0.29, 0.717) is 12.8 Å². The van der Waals surface area contributed by atoms with Gasteiger partial charge in [-0.2, -0.15) is 0 Å². The summed E-state index contributed by atoms with van der Waals surface area (Å²) in [5.41, 5.74) is 0. The first kappa shape index (κ1) is 21.2. The summed E-state index contributed by atoms with van der Waals surface area (Å²) in [6.07, 6.45) is 3.95. The Labute approximate surface area is 134 Å². The topological polar surface area (TPSA) is 80.3 Å². The van der Waals surface area contributed by atoms with Crippen LogP contribution in [0.3, 0.4) is 0 Å². The van der Waals surface area contributed by atoms with Gasteiger partial charge >= 0.3 is 59.1 Å². The molecule has 0 bridgehead atoms. The second-order valence-electron chi connectivity index (χ2n) is 3.01. The van der Waals surface area contributed by atoms with Crippen LogP contribution in [0.4, 0.5) is 0 Å². The predicted molar refractivity (Wildman–Crippen MR) is 42.3 cm³/mol. The molecule has 0 fully saturated rings. The van der Waals surface area contributed by atoms with Crippen LogP contribution in [0, 0.1) is 0 Å². The van der Waals surface area contributed by atoms with Crippen molar-refractivity contribution in [2.24, 2.45) is 0 Å². The standard InChI is InChI=1S/C9H16O4.2Na/c10-8(11)6-4-2-1-3-5-7-9(12)13;;/h1-7H2,(H,10,11)(H,12,13);;/q;2*+1/p-2. The van der Waals surface area contributed by atoms with Gasteiger partial charge in [0.05, 0.1) is 0 Å². The third-order valence-corrected chi connectivity index (χ3v) is 1.76. The summed E-state index contributed by atoms with van der Waals surface area (Å²) >= 11 is 0. The molecular weight excluding hydrogens is 218 g/mol. The van der Waals surface area contributed by atoms with Gasteiger partial charge < -0.3 is 19.8 Å². The molecule has 4 nitrogen and oxygen atoms in total. The Balaban J connectivity index is -0.000000720. The van der Waals surface area contributed by atoms with Gasteiger partial charge in [0, 0.05) is 11.9 Å². The van der Waals surface area contributed by atoms with E-state index in [9.17, 15) is 19.8 Å². The molecule has 0 atom stereocenters. The van der Waals surface area contributed by atoms with Crippen LogP contribution in [0.5, 0.6) is 0 Å². The van der Waals surface area contributed by atoms with Crippen molar-refractivity contribution in [3.8, 4) is 0 Å². The summed E-state index contributed by atoms with van der Waals surface area (Å²) in [6, 6.07) is 0. The maximum Gasteiger partial charge on any atom is 1.00 e. The zero-order valence-corrected chi connectivity index (χ0v) is 13.6. The minimum absolute atomic E-state index is 0. The van der Waals surface area contributed by atoms with Crippen molar-refractivity contribution in [2.45, 2.75) is 44.9 Å². The third-order valence-electron chi connectivity index (χ3n) is 1.76. The molecule has 6 heteroatoms. The molecule has 0 rings (SSSR count). The fourth-order valence-corrected chi connectivity index (χ4v) is 1.07. The molecule has 0 amide bonds. The van der Waals surface area contributed by atoms with Gasteiger partial charge in [0.2, 0.25) is 0 Å². The zero-order chi connectivity index (χ0) is 10.1. The molecule has 0 aromatic rings. The van der Waals surface area contributed by atoms with E-state index in [1.165, 1.54) is 0 Å². The Hall–Kier alpha value is 0.940. The van der Waals surface area contributed by atoms with Gasteiger partial charge in [-0.1, -0.05) is 19.3 Å². The fourth-order valence-electron chi connectivity index (χ4n) is 1.07. The van der Waals surface area contributed by atoms with Gasteiger partial charge in [-0.3, -0.25) is 0 Å². The number of carbonyl (C=O) groups is 2. The number of unbranched alkanes of at least 4 members (excludes halogenated alkanes) is 4. The van der Waals surface area contributed by atoms with Gasteiger partial charge in [-0.05, 0) is 25.7 Å². The number of carboxylic acid groups (broad SMARTS) is 2. The second kappa shape index (κ2) is 14.9. The van der Waals surface area contributed by atoms with Crippen molar-refractivity contribution in [3.63, 3.8) is 0 Å². The monoisotopic (exact) mass is 232 g/mol. The van der Waals surface area contributed by atoms with Crippen LogP contribution in [-0.4, -0.2) is 11.9 Å². The first-order valence-electron chi connectivity index (χ1n) is 4.52. The molecule has 0 unspecified atom stereocenters. The summed E-state index contributed by atoms with van der Waals surface area (Å²) in [5, 5.41) is 20.0. The number of carboxylic acids is 2. The Morgan fingerprint density at radius 3 is 1.20 bits per heavy atom. The Morgan fingerprint density at radius 2 is 0.933 bits per heavy atom. The van der Waals surface area contributed by atoms with Gasteiger partial charge in [0.15, 0.2) is 0 Å². The molecule has 0 aromatic carbocycles. The van der Waals surface area contributed by atoms with Gasteiger partial charge in [0.25, 0.3) is 0 Å². The van der Waals surface area contributed by atoms with Crippen molar-refractivity contribution >= 4 is 11.9 Å². The summed E-state index contributed by atoms with van der Waals surface area (Å²) in [6.45, 7) is 0. The molecule has 0 spiro atoms. The molecule has 15 heavy (non-hydrogen) atoms. The molecule has 0 saturated carbocycles. The number of rotatable bonds is 8. The van der Waals surface area contributed by atoms with Crippen molar-refractivity contribution in [2.75, 3.05) is 0 Å². The first-order chi connectivity index (χ1) is 6.13. The van der Waals surface area contributed by atoms with Gasteiger partial charge in [-0.15, -0.1) is 0 Å². The largest absolute Gasteiger partial charge is 1.00 e. The molecule has 0 N–H and O–H groups in total. The average Bonchev–Trinajstić information content (AvgIpc) is 2.01. The Morgan fingerprint density at radius 1 is 0.667 bits per heavy atom. The minimum Gasteiger partial charge on any atom is -0.550 e. The van der Waals surface area contributed by atoms with E-state index >= 15 is 0 Å². The zero-order valence-electron chi connectivity index (χ0n) is 9.58. The number of hydrogen-bond acceptors (Lipinski definition) is 4. The van der Waals surface area contributed by atoms with E-state index < -0.39 is 11.9 Å². The van der Waals surface area contributed by atoms with Gasteiger partial charge in [-0.25, -0.2) is 0 Å². The maximum absolute atomic E-state index is 9.98. The van der Waals surface area contributed by atoms with Crippen LogP contribution in [0.1, 0.15) is 44.9 Å². The molecule has 0 aliphatic carbocycles. The molecular formula is C9H14Na2O4. The van der Waals surface area contributed by atoms with Crippen LogP contribution >= 0.6 is 0 Å². The molecule has 0 aliphatic rings. The average molecular weight is 232 g/mol. The molecule has 0 saturated heterocycles. The quantitative estimate of drug-likeness (QED) is 0.308. The molecule has 0 aliphatic heterocycles. The van der Waals surface area contributed by atoms with E-state index in [4.69, 9.17) is 0 Å². The maximum atomic E-state index is 9.98. The van der Waals surface area contributed by atoms with E-state index in [-0.39, 0.29) is 72.0 Å². The Kier molecular flexibility index (Phi) is 21.2. The van der Waals surface area contributed by atoms with Gasteiger partial charge in [0.1, 0.15) is 0 Å². The molecule has 0 heterocycles. The molecule has 0 radical (unpaired) electrons. The molecule has 76 valence electrons. The third kappa shape index (κ3) is 20.9. The van der Waals surface area contributed by atoms with E-state index in [2.05, 4.69) is 0 Å². The van der Waals surface area contributed by atoms with Crippen molar-refractivity contribution in [1.82, 2.24) is 0 Å². The number of carbonyl (C=O) groups excluding carboxylic acids is 2. The predicted octanol–water partition coefficient (Wildman–Crippen LogP) is -6.78. The minimum atomic E-state index is -1.02. The van der Waals surface area contributed by atoms with Crippen LogP contribution in [0.15, 0.2) is 0 Å². The SMILES string of the molecule is O=C([O-])CCCCCCCC(=O)[O-].[Na+].[Na+]. The van der Waals surface area contributed by atoms with Crippen LogP contribution in [-0.2, 0) is 9.59 Å². The fraction of sp³-hybridized carbons (Fsp3) is 0.778. The van der Waals surface area contributed by atoms with Crippen molar-refractivity contribution < 1.29 is 78.9 Å². The summed E-state index contributed by atoms with van der Waals surface area (Å²) in [4.78, 5) is 20.0. The van der Waals surface area contributed by atoms with E-state index in [1.54, 1.807) is 0 Å². The summed E-state index contributed by atoms with van der Waals surface area (Å²) in [7, 11) is 0. The first-order valence-corrected chi connectivity index (χ1v) is 4.52. The van der Waals surface area contributed by atoms with Crippen molar-refractivity contribution in [3.05, 3.63) is 0 Å². The number of aliphatic carboxylic acids is 2. The summed E-state index contributed by atoms with van der Waals surface area (Å²) < 4.78 is 0. The van der Waals surface area contributed by atoms with Crippen LogP contribution in [0.25, 0.3) is 0 Å². The van der Waals surface area contributed by atoms with E-state index in [1.807, 2.05) is 0 Å². The van der Waals surface area contributed by atoms with E-state index in [0.717, 1.165) is 19.3 Å². The second-order valence-corrected chi connectivity index (χ2v) is 3.01. The van der Waals surface area contributed by atoms with Crippen LogP contribution in [0.2, 0.25) is 0 Å². The normalized spacial score (nSPS) is 8.53. The van der Waals surface area contributed by atoms with Crippen LogP contribution < -0.4 is 69.3 Å². The van der Waals surface area contributed by atoms with Crippen molar-refractivity contribution in [1.29, 1.82) is 0 Å².